The zero-order valence-corrected chi connectivity index (χ0v) is 24.7. The predicted octanol–water partition coefficient (Wildman–Crippen LogP) is 5.45. The van der Waals surface area contributed by atoms with E-state index in [0.29, 0.717) is 23.4 Å². The van der Waals surface area contributed by atoms with Crippen LogP contribution in [0.2, 0.25) is 10.4 Å². The van der Waals surface area contributed by atoms with Crippen molar-refractivity contribution in [1.82, 2.24) is 0 Å². The van der Waals surface area contributed by atoms with Gasteiger partial charge in [-0.3, -0.25) is 0 Å². The average molecular weight is 609 g/mol. The molecule has 204 valence electrons. The Kier molecular flexibility index (Phi) is 11.1. The van der Waals surface area contributed by atoms with Crippen molar-refractivity contribution in [3.8, 4) is 17.2 Å². The van der Waals surface area contributed by atoms with E-state index in [4.69, 9.17) is 14.2 Å². The van der Waals surface area contributed by atoms with E-state index in [2.05, 4.69) is 0 Å². The predicted molar refractivity (Wildman–Crippen MR) is 157 cm³/mol. The van der Waals surface area contributed by atoms with Gasteiger partial charge in [0.1, 0.15) is 0 Å². The van der Waals surface area contributed by atoms with Gasteiger partial charge in [0.05, 0.1) is 0 Å². The van der Waals surface area contributed by atoms with Crippen LogP contribution in [0.5, 0.6) is 17.2 Å². The van der Waals surface area contributed by atoms with Gasteiger partial charge in [-0.1, -0.05) is 24.3 Å². The molecule has 2 unspecified atom stereocenters. The summed E-state index contributed by atoms with van der Waals surface area (Å²) in [4.78, 5) is 10.3. The van der Waals surface area contributed by atoms with Crippen molar-refractivity contribution in [2.45, 2.75) is 29.5 Å². The first-order valence-corrected chi connectivity index (χ1v) is 17.7. The average Bonchev–Trinajstić information content (AvgIpc) is 2.98. The molecule has 0 fully saturated rings. The van der Waals surface area contributed by atoms with Gasteiger partial charge in [0.25, 0.3) is 0 Å². The Morgan fingerprint density at radius 3 is 1.92 bits per heavy atom. The second-order valence-corrected chi connectivity index (χ2v) is 14.3. The molecule has 4 aromatic carbocycles. The summed E-state index contributed by atoms with van der Waals surface area (Å²) in [5.41, 5.74) is 2.30. The fourth-order valence-electron chi connectivity index (χ4n) is 3.78. The molecule has 0 radical (unpaired) electrons. The molecule has 0 spiro atoms. The summed E-state index contributed by atoms with van der Waals surface area (Å²) in [6, 6.07) is 33.7. The number of ether oxygens (including phenoxy) is 3. The van der Waals surface area contributed by atoms with Crippen molar-refractivity contribution in [2.24, 2.45) is 0 Å². The van der Waals surface area contributed by atoms with Gasteiger partial charge in [0.2, 0.25) is 0 Å². The van der Waals surface area contributed by atoms with Gasteiger partial charge in [-0.2, -0.15) is 0 Å². The van der Waals surface area contributed by atoms with Crippen molar-refractivity contribution < 1.29 is 28.8 Å². The van der Waals surface area contributed by atoms with E-state index in [1.54, 1.807) is 24.3 Å². The molecule has 0 saturated carbocycles. The molecule has 0 aliphatic carbocycles. The number of hydrogen-bond acceptors (Lipinski definition) is 5. The fourth-order valence-corrected chi connectivity index (χ4v) is 7.24. The third-order valence-electron chi connectivity index (χ3n) is 5.97. The molecule has 4 aromatic rings. The zero-order chi connectivity index (χ0) is 27.3. The molecule has 0 amide bonds. The van der Waals surface area contributed by atoms with Gasteiger partial charge in [-0.25, -0.2) is 0 Å². The molecule has 8 heteroatoms. The Morgan fingerprint density at radius 1 is 0.692 bits per heavy atom. The molecule has 0 aliphatic heterocycles. The van der Waals surface area contributed by atoms with E-state index < -0.39 is 13.5 Å². The van der Waals surface area contributed by atoms with Gasteiger partial charge in [-0.15, -0.1) is 0 Å². The van der Waals surface area contributed by atoms with E-state index in [9.17, 15) is 14.6 Å². The summed E-state index contributed by atoms with van der Waals surface area (Å²) < 4.78 is 29.6. The quantitative estimate of drug-likeness (QED) is 0.106. The molecule has 4 rings (SSSR count). The molecular formula is C31H34AsO6P. The van der Waals surface area contributed by atoms with Crippen molar-refractivity contribution in [2.75, 3.05) is 13.0 Å². The van der Waals surface area contributed by atoms with Gasteiger partial charge >= 0.3 is 213 Å². The molecule has 0 bridgehead atoms. The van der Waals surface area contributed by atoms with E-state index >= 15 is 0 Å². The van der Waals surface area contributed by atoms with E-state index in [1.807, 2.05) is 84.9 Å². The minimum atomic E-state index is -3.55. The van der Waals surface area contributed by atoms with Crippen molar-refractivity contribution in [1.29, 1.82) is 0 Å². The fraction of sp³-hybridized carbons (Fsp3) is 0.226. The Hall–Kier alpha value is -3.01. The Balaban J connectivity index is 1.09. The Bertz CT molecular complexity index is 1300. The third kappa shape index (κ3) is 9.91. The van der Waals surface area contributed by atoms with Gasteiger partial charge in [0.15, 0.2) is 0 Å². The van der Waals surface area contributed by atoms with Crippen molar-refractivity contribution in [3.05, 3.63) is 120 Å². The van der Waals surface area contributed by atoms with Crippen LogP contribution in [0.1, 0.15) is 11.1 Å². The summed E-state index contributed by atoms with van der Waals surface area (Å²) in [5, 5.41) is 12.6. The summed E-state index contributed by atoms with van der Waals surface area (Å²) in [7, 11) is -3.55. The van der Waals surface area contributed by atoms with Crippen molar-refractivity contribution in [3.63, 3.8) is 0 Å². The second-order valence-electron chi connectivity index (χ2n) is 9.12. The van der Waals surface area contributed by atoms with Crippen LogP contribution in [0.15, 0.2) is 109 Å². The summed E-state index contributed by atoms with van der Waals surface area (Å²) in [5.74, 6) is 2.06. The minimum absolute atomic E-state index is 0.255. The molecule has 3 atom stereocenters. The number of hydrogen-bond donors (Lipinski definition) is 2. The SMILES string of the molecule is O=P(O)(COc1ccc(CC[AsH]C[C@@H](O)COc2ccc(OCc3ccccc3)cc2)cc1)c1ccccc1. The summed E-state index contributed by atoms with van der Waals surface area (Å²) in [6.45, 7) is 0.793. The molecule has 39 heavy (non-hydrogen) atoms. The molecule has 0 aromatic heterocycles. The van der Waals surface area contributed by atoms with E-state index in [1.165, 1.54) is 5.56 Å². The normalized spacial score (nSPS) is 13.6. The van der Waals surface area contributed by atoms with Gasteiger partial charge < -0.3 is 0 Å². The van der Waals surface area contributed by atoms with Crippen LogP contribution in [0, 0.1) is 0 Å². The van der Waals surface area contributed by atoms with Crippen LogP contribution in [0.25, 0.3) is 0 Å². The van der Waals surface area contributed by atoms with Gasteiger partial charge in [-0.05, 0) is 0 Å². The number of aliphatic hydroxyl groups excluding tert-OH is 1. The number of aliphatic hydroxyl groups is 1. The standard InChI is InChI=1S/C31H34AsO6P/c33-27(23-37-29-17-15-28(16-18-29)36-22-26-7-3-1-4-8-26)21-32-20-19-25-11-13-30(14-12-25)38-24-39(34,35)31-9-5-2-6-10-31/h1-18,27,32-33H,19-24H2,(H,34,35)/t27-/m1/s1. The molecular weight excluding hydrogens is 574 g/mol. The van der Waals surface area contributed by atoms with Crippen LogP contribution >= 0.6 is 7.37 Å². The number of rotatable bonds is 15. The van der Waals surface area contributed by atoms with Crippen LogP contribution < -0.4 is 19.5 Å². The maximum absolute atomic E-state index is 12.5. The van der Waals surface area contributed by atoms with E-state index in [0.717, 1.165) is 28.2 Å². The number of benzene rings is 4. The number of aryl methyl sites for hydroxylation is 1. The Morgan fingerprint density at radius 2 is 1.26 bits per heavy atom. The first kappa shape index (κ1) is 29.0. The van der Waals surface area contributed by atoms with Crippen LogP contribution in [-0.2, 0) is 17.6 Å². The second kappa shape index (κ2) is 15.0. The molecule has 6 nitrogen and oxygen atoms in total. The van der Waals surface area contributed by atoms with Crippen LogP contribution in [-0.4, -0.2) is 44.8 Å². The van der Waals surface area contributed by atoms with Gasteiger partial charge in [0, 0.05) is 0 Å². The first-order valence-electron chi connectivity index (χ1n) is 12.9. The first-order chi connectivity index (χ1) is 19.0. The van der Waals surface area contributed by atoms with Crippen LogP contribution in [0.4, 0.5) is 0 Å². The maximum atomic E-state index is 12.5. The molecule has 0 heterocycles. The summed E-state index contributed by atoms with van der Waals surface area (Å²) >= 11 is -0.307. The topological polar surface area (TPSA) is 85.2 Å². The van der Waals surface area contributed by atoms with E-state index in [-0.39, 0.29) is 28.7 Å². The molecule has 0 saturated heterocycles. The molecule has 2 N–H and O–H groups in total. The summed E-state index contributed by atoms with van der Waals surface area (Å²) in [6.07, 6.45) is 0.198. The third-order valence-corrected chi connectivity index (χ3v) is 10.4. The molecule has 0 aliphatic rings. The van der Waals surface area contributed by atoms with Crippen molar-refractivity contribution >= 4 is 28.4 Å². The Labute approximate surface area is 236 Å². The monoisotopic (exact) mass is 608 g/mol. The zero-order valence-electron chi connectivity index (χ0n) is 21.7. The van der Waals surface area contributed by atoms with Crippen LogP contribution in [0.3, 0.4) is 0 Å².